The van der Waals surface area contributed by atoms with E-state index in [1.807, 2.05) is 24.3 Å². The highest BCUT2D eigenvalue weighted by atomic mass is 16.6. The highest BCUT2D eigenvalue weighted by Crippen LogP contribution is 2.19. The number of hydrogen-bond donors (Lipinski definition) is 1. The number of hydrogen-bond acceptors (Lipinski definition) is 4. The number of carbonyl (C=O) groups excluding carboxylic acids is 1. The lowest BCUT2D eigenvalue weighted by molar-refractivity contribution is -0.384. The second-order valence-electron chi connectivity index (χ2n) is 4.98. The molecular formula is C17H19N3O3. The third-order valence-electron chi connectivity index (χ3n) is 3.57. The molecule has 0 aliphatic heterocycles. The summed E-state index contributed by atoms with van der Waals surface area (Å²) in [5, 5.41) is 13.5. The van der Waals surface area contributed by atoms with E-state index in [9.17, 15) is 14.9 Å². The second kappa shape index (κ2) is 7.40. The van der Waals surface area contributed by atoms with Crippen molar-refractivity contribution in [3.05, 3.63) is 64.2 Å². The minimum Gasteiger partial charge on any atom is -0.372 e. The van der Waals surface area contributed by atoms with Gasteiger partial charge in [0.25, 0.3) is 11.6 Å². The highest BCUT2D eigenvalue weighted by Gasteiger charge is 2.11. The van der Waals surface area contributed by atoms with E-state index in [1.54, 1.807) is 6.07 Å². The fourth-order valence-electron chi connectivity index (χ4n) is 2.31. The van der Waals surface area contributed by atoms with E-state index >= 15 is 0 Å². The smallest absolute Gasteiger partial charge is 0.270 e. The van der Waals surface area contributed by atoms with Crippen molar-refractivity contribution in [1.29, 1.82) is 0 Å². The minimum absolute atomic E-state index is 0.102. The topological polar surface area (TPSA) is 75.5 Å². The van der Waals surface area contributed by atoms with E-state index in [4.69, 9.17) is 0 Å². The highest BCUT2D eigenvalue weighted by molar-refractivity contribution is 6.04. The molecule has 2 aromatic rings. The number of nitro benzene ring substituents is 1. The molecule has 0 atom stereocenters. The van der Waals surface area contributed by atoms with Crippen LogP contribution in [0.3, 0.4) is 0 Å². The first-order valence-electron chi connectivity index (χ1n) is 7.46. The quantitative estimate of drug-likeness (QED) is 0.652. The summed E-state index contributed by atoms with van der Waals surface area (Å²) < 4.78 is 0. The number of benzene rings is 2. The fraction of sp³-hybridized carbons (Fsp3) is 0.235. The van der Waals surface area contributed by atoms with E-state index in [2.05, 4.69) is 24.1 Å². The molecule has 0 aliphatic carbocycles. The summed E-state index contributed by atoms with van der Waals surface area (Å²) in [6.45, 7) is 5.99. The van der Waals surface area contributed by atoms with E-state index < -0.39 is 4.92 Å². The second-order valence-corrected chi connectivity index (χ2v) is 4.98. The van der Waals surface area contributed by atoms with Crippen LogP contribution in [0.25, 0.3) is 0 Å². The summed E-state index contributed by atoms with van der Waals surface area (Å²) in [5.41, 5.74) is 1.89. The van der Waals surface area contributed by atoms with Crippen molar-refractivity contribution in [2.24, 2.45) is 0 Å². The van der Waals surface area contributed by atoms with Gasteiger partial charge in [0.05, 0.1) is 4.92 Å². The van der Waals surface area contributed by atoms with Crippen LogP contribution in [0.2, 0.25) is 0 Å². The van der Waals surface area contributed by atoms with Gasteiger partial charge >= 0.3 is 0 Å². The SMILES string of the molecule is CCN(CC)c1ccc(NC(=O)c2cccc([N+](=O)[O-])c2)cc1. The van der Waals surface area contributed by atoms with Crippen molar-refractivity contribution < 1.29 is 9.72 Å². The van der Waals surface area contributed by atoms with Crippen LogP contribution in [0.4, 0.5) is 17.1 Å². The summed E-state index contributed by atoms with van der Waals surface area (Å²) in [5.74, 6) is -0.371. The maximum absolute atomic E-state index is 12.2. The summed E-state index contributed by atoms with van der Waals surface area (Å²) in [6.07, 6.45) is 0. The van der Waals surface area contributed by atoms with Crippen LogP contribution in [0.5, 0.6) is 0 Å². The number of nitrogens with zero attached hydrogens (tertiary/aromatic N) is 2. The first-order valence-corrected chi connectivity index (χ1v) is 7.46. The molecule has 0 unspecified atom stereocenters. The number of anilines is 2. The van der Waals surface area contributed by atoms with E-state index in [0.29, 0.717) is 5.69 Å². The molecule has 23 heavy (non-hydrogen) atoms. The zero-order valence-corrected chi connectivity index (χ0v) is 13.2. The molecule has 0 saturated carbocycles. The van der Waals surface area contributed by atoms with E-state index in [0.717, 1.165) is 18.8 Å². The average Bonchev–Trinajstić information content (AvgIpc) is 2.57. The molecule has 2 aromatic carbocycles. The van der Waals surface area contributed by atoms with Gasteiger partial charge in [-0.3, -0.25) is 14.9 Å². The molecule has 0 saturated heterocycles. The molecule has 0 spiro atoms. The Balaban J connectivity index is 2.11. The Hall–Kier alpha value is -2.89. The van der Waals surface area contributed by atoms with Gasteiger partial charge in [-0.25, -0.2) is 0 Å². The van der Waals surface area contributed by atoms with Crippen LogP contribution >= 0.6 is 0 Å². The van der Waals surface area contributed by atoms with Gasteiger partial charge < -0.3 is 10.2 Å². The zero-order valence-electron chi connectivity index (χ0n) is 13.2. The predicted molar refractivity (Wildman–Crippen MR) is 91.1 cm³/mol. The van der Waals surface area contributed by atoms with Gasteiger partial charge in [-0.2, -0.15) is 0 Å². The average molecular weight is 313 g/mol. The summed E-state index contributed by atoms with van der Waals surface area (Å²) >= 11 is 0. The van der Waals surface area contributed by atoms with Crippen LogP contribution < -0.4 is 10.2 Å². The Morgan fingerprint density at radius 2 is 1.78 bits per heavy atom. The van der Waals surface area contributed by atoms with Crippen LogP contribution in [-0.4, -0.2) is 23.9 Å². The maximum Gasteiger partial charge on any atom is 0.270 e. The fourth-order valence-corrected chi connectivity index (χ4v) is 2.31. The Morgan fingerprint density at radius 1 is 1.13 bits per heavy atom. The van der Waals surface area contributed by atoms with E-state index in [-0.39, 0.29) is 17.2 Å². The first-order chi connectivity index (χ1) is 11.0. The van der Waals surface area contributed by atoms with Gasteiger partial charge in [0.2, 0.25) is 0 Å². The largest absolute Gasteiger partial charge is 0.372 e. The molecule has 0 bridgehead atoms. The Kier molecular flexibility index (Phi) is 5.30. The maximum atomic E-state index is 12.2. The number of non-ortho nitro benzene ring substituents is 1. The monoisotopic (exact) mass is 313 g/mol. The zero-order chi connectivity index (χ0) is 16.8. The van der Waals surface area contributed by atoms with E-state index in [1.165, 1.54) is 18.2 Å². The molecule has 0 radical (unpaired) electrons. The van der Waals surface area contributed by atoms with Gasteiger partial charge in [-0.15, -0.1) is 0 Å². The van der Waals surface area contributed by atoms with Gasteiger partial charge in [-0.05, 0) is 44.2 Å². The van der Waals surface area contributed by atoms with Crippen molar-refractivity contribution in [3.8, 4) is 0 Å². The van der Waals surface area contributed by atoms with Crippen molar-refractivity contribution in [3.63, 3.8) is 0 Å². The number of nitro groups is 1. The molecule has 6 heteroatoms. The number of rotatable bonds is 6. The van der Waals surface area contributed by atoms with Gasteiger partial charge in [0.15, 0.2) is 0 Å². The summed E-state index contributed by atoms with van der Waals surface area (Å²) in [4.78, 5) is 24.6. The molecular weight excluding hydrogens is 294 g/mol. The third kappa shape index (κ3) is 4.06. The molecule has 1 N–H and O–H groups in total. The van der Waals surface area contributed by atoms with Crippen molar-refractivity contribution >= 4 is 23.0 Å². The van der Waals surface area contributed by atoms with Gasteiger partial charge in [-0.1, -0.05) is 6.07 Å². The molecule has 0 aliphatic rings. The lowest BCUT2D eigenvalue weighted by atomic mass is 10.2. The van der Waals surface area contributed by atoms with Crippen LogP contribution in [-0.2, 0) is 0 Å². The summed E-state index contributed by atoms with van der Waals surface area (Å²) in [7, 11) is 0. The Labute approximate surface area is 134 Å². The molecule has 120 valence electrons. The molecule has 1 amide bonds. The molecule has 0 heterocycles. The van der Waals surface area contributed by atoms with Gasteiger partial charge in [0, 0.05) is 42.2 Å². The Morgan fingerprint density at radius 3 is 2.35 bits per heavy atom. The third-order valence-corrected chi connectivity index (χ3v) is 3.57. The first kappa shape index (κ1) is 16.5. The lowest BCUT2D eigenvalue weighted by Gasteiger charge is -2.21. The lowest BCUT2D eigenvalue weighted by Crippen LogP contribution is -2.21. The van der Waals surface area contributed by atoms with Crippen molar-refractivity contribution in [1.82, 2.24) is 0 Å². The molecule has 0 aromatic heterocycles. The molecule has 6 nitrogen and oxygen atoms in total. The summed E-state index contributed by atoms with van der Waals surface area (Å²) in [6, 6.07) is 13.2. The number of nitrogens with one attached hydrogen (secondary N) is 1. The van der Waals surface area contributed by atoms with Crippen LogP contribution in [0.1, 0.15) is 24.2 Å². The minimum atomic E-state index is -0.518. The van der Waals surface area contributed by atoms with Crippen molar-refractivity contribution in [2.45, 2.75) is 13.8 Å². The number of amides is 1. The Bertz CT molecular complexity index is 694. The standard InChI is InChI=1S/C17H19N3O3/c1-3-19(4-2)15-10-8-14(9-11-15)18-17(21)13-6-5-7-16(12-13)20(22)23/h5-12H,3-4H2,1-2H3,(H,18,21). The van der Waals surface area contributed by atoms with Crippen LogP contribution in [0.15, 0.2) is 48.5 Å². The van der Waals surface area contributed by atoms with Crippen LogP contribution in [0, 0.1) is 10.1 Å². The molecule has 0 fully saturated rings. The van der Waals surface area contributed by atoms with Gasteiger partial charge in [0.1, 0.15) is 0 Å². The normalized spacial score (nSPS) is 10.2. The number of carbonyl (C=O) groups is 1. The molecule has 2 rings (SSSR count). The predicted octanol–water partition coefficient (Wildman–Crippen LogP) is 3.69. The van der Waals surface area contributed by atoms with Crippen molar-refractivity contribution in [2.75, 3.05) is 23.3 Å².